The van der Waals surface area contributed by atoms with Gasteiger partial charge in [0.05, 0.1) is 11.6 Å². The lowest BCUT2D eigenvalue weighted by Crippen LogP contribution is -2.22. The van der Waals surface area contributed by atoms with Crippen LogP contribution in [-0.2, 0) is 13.1 Å². The average Bonchev–Trinajstić information content (AvgIpc) is 3.11. The molecule has 0 unspecified atom stereocenters. The fraction of sp³-hybridized carbons (Fsp3) is 0.368. The number of methoxy groups -OCH3 is 1. The summed E-state index contributed by atoms with van der Waals surface area (Å²) in [6.45, 7) is 3.22. The van der Waals surface area contributed by atoms with Gasteiger partial charge in [-0.2, -0.15) is 0 Å². The zero-order valence-electron chi connectivity index (χ0n) is 13.8. The van der Waals surface area contributed by atoms with Gasteiger partial charge in [-0.25, -0.2) is 4.39 Å². The van der Waals surface area contributed by atoms with E-state index < -0.39 is 0 Å². The van der Waals surface area contributed by atoms with E-state index in [0.717, 1.165) is 40.1 Å². The van der Waals surface area contributed by atoms with E-state index in [1.807, 2.05) is 24.3 Å². The van der Waals surface area contributed by atoms with Crippen molar-refractivity contribution in [1.82, 2.24) is 5.32 Å². The first-order valence-electron chi connectivity index (χ1n) is 8.24. The second-order valence-corrected chi connectivity index (χ2v) is 6.86. The van der Waals surface area contributed by atoms with Crippen LogP contribution in [0.1, 0.15) is 24.0 Å². The highest BCUT2D eigenvalue weighted by Crippen LogP contribution is 2.27. The van der Waals surface area contributed by atoms with Crippen LogP contribution in [0.2, 0.25) is 0 Å². The first kappa shape index (κ1) is 17.2. The minimum atomic E-state index is -0.136. The van der Waals surface area contributed by atoms with E-state index in [2.05, 4.69) is 26.1 Å². The van der Waals surface area contributed by atoms with Crippen LogP contribution in [0.15, 0.2) is 40.9 Å². The molecule has 128 valence electrons. The molecule has 0 aliphatic carbocycles. The molecule has 24 heavy (non-hydrogen) atoms. The van der Waals surface area contributed by atoms with Gasteiger partial charge < -0.3 is 15.0 Å². The SMILES string of the molecule is COc1ccc(CNCc2c(F)cccc2N2CCCC2)cc1Br. The molecule has 0 radical (unpaired) electrons. The second-order valence-electron chi connectivity index (χ2n) is 6.00. The quantitative estimate of drug-likeness (QED) is 0.783. The largest absolute Gasteiger partial charge is 0.496 e. The Labute approximate surface area is 150 Å². The molecule has 2 aromatic rings. The van der Waals surface area contributed by atoms with Crippen LogP contribution in [0.4, 0.5) is 10.1 Å². The van der Waals surface area contributed by atoms with Gasteiger partial charge in [-0.1, -0.05) is 12.1 Å². The van der Waals surface area contributed by atoms with Gasteiger partial charge in [0.15, 0.2) is 0 Å². The third-order valence-electron chi connectivity index (χ3n) is 4.39. The third kappa shape index (κ3) is 3.90. The lowest BCUT2D eigenvalue weighted by atomic mass is 10.1. The highest BCUT2D eigenvalue weighted by atomic mass is 79.9. The van der Waals surface area contributed by atoms with Gasteiger partial charge in [0.1, 0.15) is 11.6 Å². The fourth-order valence-corrected chi connectivity index (χ4v) is 3.72. The number of hydrogen-bond acceptors (Lipinski definition) is 3. The molecule has 5 heteroatoms. The minimum Gasteiger partial charge on any atom is -0.496 e. The van der Waals surface area contributed by atoms with Crippen molar-refractivity contribution < 1.29 is 9.13 Å². The van der Waals surface area contributed by atoms with E-state index in [4.69, 9.17) is 4.74 Å². The summed E-state index contributed by atoms with van der Waals surface area (Å²) >= 11 is 3.49. The molecule has 1 aliphatic heterocycles. The summed E-state index contributed by atoms with van der Waals surface area (Å²) in [5.41, 5.74) is 2.91. The summed E-state index contributed by atoms with van der Waals surface area (Å²) in [4.78, 5) is 2.28. The maximum atomic E-state index is 14.3. The van der Waals surface area contributed by atoms with Crippen LogP contribution >= 0.6 is 15.9 Å². The minimum absolute atomic E-state index is 0.136. The Hall–Kier alpha value is -1.59. The molecule has 1 heterocycles. The van der Waals surface area contributed by atoms with E-state index in [-0.39, 0.29) is 5.82 Å². The van der Waals surface area contributed by atoms with Gasteiger partial charge in [-0.05, 0) is 58.6 Å². The highest BCUT2D eigenvalue weighted by Gasteiger charge is 2.17. The Balaban J connectivity index is 1.67. The standard InChI is InChI=1S/C19H22BrFN2O/c1-24-19-8-7-14(11-16(19)20)12-22-13-15-17(21)5-4-6-18(15)23-9-2-3-10-23/h4-8,11,22H,2-3,9-10,12-13H2,1H3. The summed E-state index contributed by atoms with van der Waals surface area (Å²) in [6.07, 6.45) is 2.37. The molecule has 1 aliphatic rings. The zero-order valence-corrected chi connectivity index (χ0v) is 15.4. The van der Waals surface area contributed by atoms with Crippen molar-refractivity contribution in [3.8, 4) is 5.75 Å². The van der Waals surface area contributed by atoms with Crippen LogP contribution in [-0.4, -0.2) is 20.2 Å². The molecule has 1 saturated heterocycles. The summed E-state index contributed by atoms with van der Waals surface area (Å²) in [6, 6.07) is 11.3. The summed E-state index contributed by atoms with van der Waals surface area (Å²) < 4.78 is 20.5. The summed E-state index contributed by atoms with van der Waals surface area (Å²) in [7, 11) is 1.65. The van der Waals surface area contributed by atoms with Gasteiger partial charge >= 0.3 is 0 Å². The maximum absolute atomic E-state index is 14.3. The smallest absolute Gasteiger partial charge is 0.133 e. The van der Waals surface area contributed by atoms with E-state index in [1.165, 1.54) is 12.8 Å². The van der Waals surface area contributed by atoms with Gasteiger partial charge in [0.25, 0.3) is 0 Å². The number of rotatable bonds is 6. The Bertz CT molecular complexity index is 702. The molecule has 2 aromatic carbocycles. The third-order valence-corrected chi connectivity index (χ3v) is 5.01. The molecule has 1 N–H and O–H groups in total. The Morgan fingerprint density at radius 2 is 1.96 bits per heavy atom. The first-order valence-corrected chi connectivity index (χ1v) is 9.04. The van der Waals surface area contributed by atoms with Crippen molar-refractivity contribution in [3.63, 3.8) is 0 Å². The van der Waals surface area contributed by atoms with Gasteiger partial charge in [-0.3, -0.25) is 0 Å². The molecule has 0 saturated carbocycles. The number of nitrogens with zero attached hydrogens (tertiary/aromatic N) is 1. The molecule has 0 spiro atoms. The Morgan fingerprint density at radius 3 is 2.67 bits per heavy atom. The van der Waals surface area contributed by atoms with E-state index in [1.54, 1.807) is 19.2 Å². The van der Waals surface area contributed by atoms with Crippen LogP contribution < -0.4 is 15.0 Å². The van der Waals surface area contributed by atoms with Crippen molar-refractivity contribution in [3.05, 3.63) is 57.8 Å². The molecule has 3 nitrogen and oxygen atoms in total. The molecule has 1 fully saturated rings. The lowest BCUT2D eigenvalue weighted by Gasteiger charge is -2.22. The monoisotopic (exact) mass is 392 g/mol. The number of benzene rings is 2. The second kappa shape index (κ2) is 7.99. The van der Waals surface area contributed by atoms with E-state index >= 15 is 0 Å². The zero-order chi connectivity index (χ0) is 16.9. The number of ether oxygens (including phenoxy) is 1. The molecule has 0 amide bonds. The van der Waals surface area contributed by atoms with Crippen LogP contribution in [0.25, 0.3) is 0 Å². The van der Waals surface area contributed by atoms with Crippen molar-refractivity contribution in [2.75, 3.05) is 25.1 Å². The number of hydrogen-bond donors (Lipinski definition) is 1. The van der Waals surface area contributed by atoms with Crippen molar-refractivity contribution >= 4 is 21.6 Å². The van der Waals surface area contributed by atoms with Gasteiger partial charge in [0, 0.05) is 37.4 Å². The molecule has 3 rings (SSSR count). The lowest BCUT2D eigenvalue weighted by molar-refractivity contribution is 0.412. The summed E-state index contributed by atoms with van der Waals surface area (Å²) in [5.74, 6) is 0.673. The summed E-state index contributed by atoms with van der Waals surface area (Å²) in [5, 5.41) is 3.36. The van der Waals surface area contributed by atoms with Crippen LogP contribution in [0.3, 0.4) is 0 Å². The van der Waals surface area contributed by atoms with Crippen LogP contribution in [0, 0.1) is 5.82 Å². The molecular formula is C19H22BrFN2O. The maximum Gasteiger partial charge on any atom is 0.133 e. The van der Waals surface area contributed by atoms with E-state index in [0.29, 0.717) is 13.1 Å². The number of nitrogens with one attached hydrogen (secondary N) is 1. The van der Waals surface area contributed by atoms with E-state index in [9.17, 15) is 4.39 Å². The Morgan fingerprint density at radius 1 is 1.17 bits per heavy atom. The molecule has 0 aromatic heterocycles. The van der Waals surface area contributed by atoms with Gasteiger partial charge in [0.2, 0.25) is 0 Å². The number of anilines is 1. The van der Waals surface area contributed by atoms with Gasteiger partial charge in [-0.15, -0.1) is 0 Å². The number of halogens is 2. The molecule has 0 atom stereocenters. The molecule has 0 bridgehead atoms. The first-order chi connectivity index (χ1) is 11.7. The molecular weight excluding hydrogens is 371 g/mol. The van der Waals surface area contributed by atoms with Crippen molar-refractivity contribution in [2.45, 2.75) is 25.9 Å². The van der Waals surface area contributed by atoms with Crippen LogP contribution in [0.5, 0.6) is 5.75 Å². The Kier molecular flexibility index (Phi) is 5.74. The van der Waals surface area contributed by atoms with Crippen molar-refractivity contribution in [1.29, 1.82) is 0 Å². The normalized spacial score (nSPS) is 14.2. The van der Waals surface area contributed by atoms with Crippen molar-refractivity contribution in [2.24, 2.45) is 0 Å². The highest BCUT2D eigenvalue weighted by molar-refractivity contribution is 9.10. The average molecular weight is 393 g/mol. The fourth-order valence-electron chi connectivity index (χ4n) is 3.13. The topological polar surface area (TPSA) is 24.5 Å². The predicted octanol–water partition coefficient (Wildman–Crippen LogP) is 4.49. The predicted molar refractivity (Wildman–Crippen MR) is 99.1 cm³/mol.